The molecule has 4 aromatic heterocycles. The summed E-state index contributed by atoms with van der Waals surface area (Å²) in [6.45, 7) is 5.42. The van der Waals surface area contributed by atoms with Gasteiger partial charge in [0.15, 0.2) is 0 Å². The molecule has 35 heavy (non-hydrogen) atoms. The monoisotopic (exact) mass is 472 g/mol. The first-order valence-corrected chi connectivity index (χ1v) is 11.4. The normalized spacial score (nSPS) is 15.4. The minimum absolute atomic E-state index is 0.0483. The van der Waals surface area contributed by atoms with E-state index in [0.717, 1.165) is 34.0 Å². The molecular formula is C25H28N8O2. The molecule has 1 N–H and O–H groups in total. The van der Waals surface area contributed by atoms with Gasteiger partial charge in [0.05, 0.1) is 36.8 Å². The Morgan fingerprint density at radius 2 is 2.06 bits per heavy atom. The molecule has 10 nitrogen and oxygen atoms in total. The van der Waals surface area contributed by atoms with E-state index in [2.05, 4.69) is 20.4 Å². The highest BCUT2D eigenvalue weighted by Gasteiger charge is 2.33. The molecule has 0 saturated carbocycles. The fraction of sp³-hybridized carbons (Fsp3) is 0.320. The fourth-order valence-corrected chi connectivity index (χ4v) is 4.41. The van der Waals surface area contributed by atoms with E-state index in [1.54, 1.807) is 24.2 Å². The van der Waals surface area contributed by atoms with Gasteiger partial charge in [-0.3, -0.25) is 14.5 Å². The second-order valence-corrected chi connectivity index (χ2v) is 8.77. The highest BCUT2D eigenvalue weighted by molar-refractivity contribution is 5.95. The summed E-state index contributed by atoms with van der Waals surface area (Å²) >= 11 is 0. The third kappa shape index (κ3) is 4.52. The number of nitrogens with zero attached hydrogens (tertiary/aromatic N) is 7. The van der Waals surface area contributed by atoms with Gasteiger partial charge >= 0.3 is 0 Å². The molecule has 1 aliphatic heterocycles. The quantitative estimate of drug-likeness (QED) is 0.441. The van der Waals surface area contributed by atoms with Crippen LogP contribution in [0.15, 0.2) is 48.9 Å². The van der Waals surface area contributed by atoms with Gasteiger partial charge in [-0.25, -0.2) is 9.97 Å². The molecule has 0 saturated heterocycles. The smallest absolute Gasteiger partial charge is 0.271 e. The van der Waals surface area contributed by atoms with E-state index in [-0.39, 0.29) is 11.9 Å². The van der Waals surface area contributed by atoms with E-state index in [1.807, 2.05) is 66.9 Å². The lowest BCUT2D eigenvalue weighted by Crippen LogP contribution is -2.49. The lowest BCUT2D eigenvalue weighted by atomic mass is 10.1. The third-order valence-corrected chi connectivity index (χ3v) is 6.17. The van der Waals surface area contributed by atoms with Crippen molar-refractivity contribution in [1.29, 1.82) is 0 Å². The summed E-state index contributed by atoms with van der Waals surface area (Å²) in [4.78, 5) is 29.2. The number of methoxy groups -OCH3 is 1. The Balaban J connectivity index is 1.46. The van der Waals surface area contributed by atoms with Gasteiger partial charge in [0, 0.05) is 50.4 Å². The van der Waals surface area contributed by atoms with Crippen LogP contribution >= 0.6 is 0 Å². The van der Waals surface area contributed by atoms with Gasteiger partial charge in [-0.05, 0) is 37.6 Å². The Kier molecular flexibility index (Phi) is 6.04. The van der Waals surface area contributed by atoms with Gasteiger partial charge in [0.2, 0.25) is 5.95 Å². The molecule has 10 heteroatoms. The van der Waals surface area contributed by atoms with Gasteiger partial charge < -0.3 is 19.5 Å². The topological polar surface area (TPSA) is 103 Å². The van der Waals surface area contributed by atoms with Crippen molar-refractivity contribution < 1.29 is 9.53 Å². The second kappa shape index (κ2) is 9.30. The Morgan fingerprint density at radius 1 is 1.20 bits per heavy atom. The average Bonchev–Trinajstić information content (AvgIpc) is 3.44. The molecule has 0 bridgehead atoms. The lowest BCUT2D eigenvalue weighted by Gasteiger charge is -2.36. The fourth-order valence-electron chi connectivity index (χ4n) is 4.41. The highest BCUT2D eigenvalue weighted by atomic mass is 16.5. The van der Waals surface area contributed by atoms with Gasteiger partial charge in [-0.1, -0.05) is 6.07 Å². The number of hydrogen-bond donors (Lipinski definition) is 1. The molecule has 0 radical (unpaired) electrons. The number of pyridine rings is 1. The molecule has 5 heterocycles. The van der Waals surface area contributed by atoms with E-state index < -0.39 is 0 Å². The predicted molar refractivity (Wildman–Crippen MR) is 131 cm³/mol. The molecule has 1 aliphatic rings. The number of aryl methyl sites for hydroxylation is 3. The van der Waals surface area contributed by atoms with Crippen LogP contribution in [-0.2, 0) is 24.9 Å². The Morgan fingerprint density at radius 3 is 2.80 bits per heavy atom. The van der Waals surface area contributed by atoms with Crippen molar-refractivity contribution in [3.05, 3.63) is 71.6 Å². The van der Waals surface area contributed by atoms with Gasteiger partial charge in [0.25, 0.3) is 5.91 Å². The van der Waals surface area contributed by atoms with E-state index >= 15 is 0 Å². The molecule has 0 spiro atoms. The zero-order valence-electron chi connectivity index (χ0n) is 20.3. The third-order valence-electron chi connectivity index (χ3n) is 6.17. The first kappa shape index (κ1) is 22.7. The van der Waals surface area contributed by atoms with Crippen LogP contribution < -0.4 is 5.32 Å². The molecule has 0 aliphatic carbocycles. The van der Waals surface area contributed by atoms with E-state index in [1.165, 1.54) is 0 Å². The minimum atomic E-state index is -0.101. The van der Waals surface area contributed by atoms with E-state index in [4.69, 9.17) is 9.72 Å². The van der Waals surface area contributed by atoms with Crippen LogP contribution in [-0.4, -0.2) is 59.9 Å². The summed E-state index contributed by atoms with van der Waals surface area (Å²) < 4.78 is 9.17. The SMILES string of the molecule is COC[C@H]1Cn2cc(-c3nc(Nc4ccnn4C)ncc3C)cc2C(=O)N1Cc1cccc(C)n1. The minimum Gasteiger partial charge on any atom is -0.382 e. The number of amides is 1. The summed E-state index contributed by atoms with van der Waals surface area (Å²) in [7, 11) is 3.50. The zero-order valence-corrected chi connectivity index (χ0v) is 20.3. The zero-order chi connectivity index (χ0) is 24.5. The van der Waals surface area contributed by atoms with Crippen molar-refractivity contribution in [3.8, 4) is 11.3 Å². The Hall–Kier alpha value is -4.05. The summed E-state index contributed by atoms with van der Waals surface area (Å²) in [5.41, 5.74) is 4.97. The number of carbonyl (C=O) groups is 1. The number of carbonyl (C=O) groups excluding carboxylic acids is 1. The van der Waals surface area contributed by atoms with Crippen molar-refractivity contribution in [3.63, 3.8) is 0 Å². The van der Waals surface area contributed by atoms with Gasteiger partial charge in [-0.2, -0.15) is 5.10 Å². The van der Waals surface area contributed by atoms with Crippen molar-refractivity contribution in [1.82, 2.24) is 34.2 Å². The first-order valence-electron chi connectivity index (χ1n) is 11.4. The van der Waals surface area contributed by atoms with Crippen molar-refractivity contribution in [2.24, 2.45) is 7.05 Å². The summed E-state index contributed by atoms with van der Waals surface area (Å²) in [5.74, 6) is 1.20. The standard InChI is InChI=1S/C25H28N8O2/c1-16-11-26-25(29-22-8-9-27-31(22)3)30-23(16)18-10-21-24(34)33(13-19-7-5-6-17(2)28-19)20(15-35-4)14-32(21)12-18/h5-12,20H,13-15H2,1-4H3,(H,26,29,30)/t20-/m1/s1. The number of anilines is 2. The van der Waals surface area contributed by atoms with Gasteiger partial charge in [0.1, 0.15) is 11.5 Å². The van der Waals surface area contributed by atoms with Crippen LogP contribution in [0.4, 0.5) is 11.8 Å². The number of rotatable bonds is 7. The maximum absolute atomic E-state index is 13.6. The summed E-state index contributed by atoms with van der Waals surface area (Å²) in [5, 5.41) is 7.36. The number of nitrogens with one attached hydrogen (secondary N) is 1. The van der Waals surface area contributed by atoms with E-state index in [9.17, 15) is 4.79 Å². The van der Waals surface area contributed by atoms with Crippen LogP contribution in [0.25, 0.3) is 11.3 Å². The maximum Gasteiger partial charge on any atom is 0.271 e. The summed E-state index contributed by atoms with van der Waals surface area (Å²) in [6.07, 6.45) is 5.48. The van der Waals surface area contributed by atoms with Crippen LogP contribution in [0.5, 0.6) is 0 Å². The van der Waals surface area contributed by atoms with Crippen molar-refractivity contribution in [2.75, 3.05) is 19.0 Å². The number of ether oxygens (including phenoxy) is 1. The molecule has 1 amide bonds. The van der Waals surface area contributed by atoms with Crippen LogP contribution in [0, 0.1) is 13.8 Å². The summed E-state index contributed by atoms with van der Waals surface area (Å²) in [6, 6.07) is 9.53. The van der Waals surface area contributed by atoms with Crippen molar-refractivity contribution in [2.45, 2.75) is 33.0 Å². The predicted octanol–water partition coefficient (Wildman–Crippen LogP) is 3.11. The number of hydrogen-bond acceptors (Lipinski definition) is 7. The Labute approximate surface area is 203 Å². The number of fused-ring (bicyclic) bond motifs is 1. The Bertz CT molecular complexity index is 1380. The van der Waals surface area contributed by atoms with Crippen molar-refractivity contribution >= 4 is 17.7 Å². The largest absolute Gasteiger partial charge is 0.382 e. The molecule has 1 atom stereocenters. The number of aromatic nitrogens is 6. The first-order chi connectivity index (χ1) is 16.9. The molecule has 0 unspecified atom stereocenters. The van der Waals surface area contributed by atoms with Crippen LogP contribution in [0.1, 0.15) is 27.4 Å². The van der Waals surface area contributed by atoms with Gasteiger partial charge in [-0.15, -0.1) is 0 Å². The average molecular weight is 473 g/mol. The molecule has 180 valence electrons. The molecule has 4 aromatic rings. The van der Waals surface area contributed by atoms with Crippen LogP contribution in [0.2, 0.25) is 0 Å². The van der Waals surface area contributed by atoms with E-state index in [0.29, 0.717) is 31.3 Å². The van der Waals surface area contributed by atoms with Crippen LogP contribution in [0.3, 0.4) is 0 Å². The highest BCUT2D eigenvalue weighted by Crippen LogP contribution is 2.29. The molecular weight excluding hydrogens is 444 g/mol. The molecule has 0 aromatic carbocycles. The molecule has 0 fully saturated rings. The molecule has 5 rings (SSSR count). The maximum atomic E-state index is 13.6. The lowest BCUT2D eigenvalue weighted by molar-refractivity contribution is 0.0384. The second-order valence-electron chi connectivity index (χ2n) is 8.77.